The van der Waals surface area contributed by atoms with Gasteiger partial charge in [0.25, 0.3) is 0 Å². The first-order valence-corrected chi connectivity index (χ1v) is 5.21. The van der Waals surface area contributed by atoms with Gasteiger partial charge in [-0.1, -0.05) is 12.1 Å². The molecule has 1 aromatic rings. The first-order valence-electron chi connectivity index (χ1n) is 5.21. The maximum Gasteiger partial charge on any atom is 0.189 e. The molecule has 1 rings (SSSR count). The standard InChI is InChI=1S/C12H17O4/c1-3-15-11-6-4-5-7-12(11)16-10-14-9-8-13-2/h4-6H,3,8-10H2,1-2H3. The van der Waals surface area contributed by atoms with Crippen molar-refractivity contribution in [3.05, 3.63) is 24.3 Å². The molecule has 16 heavy (non-hydrogen) atoms. The Balaban J connectivity index is 2.34. The quantitative estimate of drug-likeness (QED) is 0.500. The fourth-order valence-corrected chi connectivity index (χ4v) is 1.09. The summed E-state index contributed by atoms with van der Waals surface area (Å²) in [4.78, 5) is 0. The molecule has 89 valence electrons. The second kappa shape index (κ2) is 7.96. The average molecular weight is 225 g/mol. The first-order chi connectivity index (χ1) is 7.88. The lowest BCUT2D eigenvalue weighted by molar-refractivity contribution is -0.00975. The Morgan fingerprint density at radius 3 is 2.88 bits per heavy atom. The monoisotopic (exact) mass is 225 g/mol. The van der Waals surface area contributed by atoms with Gasteiger partial charge in [-0.15, -0.1) is 0 Å². The van der Waals surface area contributed by atoms with E-state index in [2.05, 4.69) is 6.07 Å². The van der Waals surface area contributed by atoms with Crippen molar-refractivity contribution in [1.82, 2.24) is 0 Å². The third-order valence-corrected chi connectivity index (χ3v) is 1.80. The molecule has 0 fully saturated rings. The van der Waals surface area contributed by atoms with E-state index < -0.39 is 0 Å². The lowest BCUT2D eigenvalue weighted by Crippen LogP contribution is -2.08. The number of hydrogen-bond donors (Lipinski definition) is 0. The van der Waals surface area contributed by atoms with Crippen LogP contribution in [0.3, 0.4) is 0 Å². The molecule has 0 aliphatic carbocycles. The third-order valence-electron chi connectivity index (χ3n) is 1.80. The van der Waals surface area contributed by atoms with Crippen LogP contribution >= 0.6 is 0 Å². The topological polar surface area (TPSA) is 36.9 Å². The average Bonchev–Trinajstić information content (AvgIpc) is 2.31. The first kappa shape index (κ1) is 12.8. The van der Waals surface area contributed by atoms with E-state index in [4.69, 9.17) is 18.9 Å². The van der Waals surface area contributed by atoms with Crippen LogP contribution in [0.2, 0.25) is 0 Å². The van der Waals surface area contributed by atoms with Crippen molar-refractivity contribution in [2.24, 2.45) is 0 Å². The Labute approximate surface area is 96.1 Å². The third kappa shape index (κ3) is 4.51. The summed E-state index contributed by atoms with van der Waals surface area (Å²) >= 11 is 0. The molecule has 0 amide bonds. The summed E-state index contributed by atoms with van der Waals surface area (Å²) in [6.07, 6.45) is 0. The molecule has 0 spiro atoms. The molecule has 4 nitrogen and oxygen atoms in total. The van der Waals surface area contributed by atoms with Crippen LogP contribution in [-0.2, 0) is 9.47 Å². The smallest absolute Gasteiger partial charge is 0.189 e. The minimum absolute atomic E-state index is 0.171. The second-order valence-corrected chi connectivity index (χ2v) is 2.96. The summed E-state index contributed by atoms with van der Waals surface area (Å²) in [5.41, 5.74) is 0. The van der Waals surface area contributed by atoms with Crippen molar-refractivity contribution in [2.75, 3.05) is 33.7 Å². The van der Waals surface area contributed by atoms with E-state index >= 15 is 0 Å². The molecule has 0 saturated carbocycles. The number of rotatable bonds is 8. The maximum absolute atomic E-state index is 5.38. The highest BCUT2D eigenvalue weighted by Crippen LogP contribution is 2.25. The van der Waals surface area contributed by atoms with Gasteiger partial charge >= 0.3 is 0 Å². The van der Waals surface area contributed by atoms with E-state index in [0.29, 0.717) is 31.3 Å². The lowest BCUT2D eigenvalue weighted by atomic mass is 10.3. The van der Waals surface area contributed by atoms with E-state index in [-0.39, 0.29) is 6.79 Å². The van der Waals surface area contributed by atoms with Gasteiger partial charge in [0.05, 0.1) is 19.8 Å². The number of hydrogen-bond acceptors (Lipinski definition) is 4. The van der Waals surface area contributed by atoms with Crippen molar-refractivity contribution in [3.8, 4) is 11.5 Å². The summed E-state index contributed by atoms with van der Waals surface area (Å²) in [6.45, 7) is 3.75. The SMILES string of the molecule is CCOc1ccc[c]c1OCOCCOC. The van der Waals surface area contributed by atoms with Crippen molar-refractivity contribution in [3.63, 3.8) is 0 Å². The molecule has 0 atom stereocenters. The molecule has 4 heteroatoms. The predicted molar refractivity (Wildman–Crippen MR) is 59.8 cm³/mol. The maximum atomic E-state index is 5.38. The molecule has 0 aromatic heterocycles. The van der Waals surface area contributed by atoms with Crippen LogP contribution in [0.5, 0.6) is 11.5 Å². The summed E-state index contributed by atoms with van der Waals surface area (Å²) in [7, 11) is 1.63. The number of methoxy groups -OCH3 is 1. The molecule has 0 aliphatic heterocycles. The summed E-state index contributed by atoms with van der Waals surface area (Å²) in [5, 5.41) is 0. The van der Waals surface area contributed by atoms with Crippen LogP contribution in [0.1, 0.15) is 6.92 Å². The number of benzene rings is 1. The summed E-state index contributed by atoms with van der Waals surface area (Å²) in [6, 6.07) is 8.41. The highest BCUT2D eigenvalue weighted by atomic mass is 16.7. The van der Waals surface area contributed by atoms with Gasteiger partial charge < -0.3 is 18.9 Å². The molecule has 0 unspecified atom stereocenters. The molecular weight excluding hydrogens is 208 g/mol. The zero-order valence-corrected chi connectivity index (χ0v) is 9.69. The molecule has 0 bridgehead atoms. The highest BCUT2D eigenvalue weighted by molar-refractivity contribution is 5.38. The zero-order chi connectivity index (χ0) is 11.6. The molecule has 0 saturated heterocycles. The van der Waals surface area contributed by atoms with Crippen molar-refractivity contribution in [2.45, 2.75) is 6.92 Å². The van der Waals surface area contributed by atoms with Crippen molar-refractivity contribution >= 4 is 0 Å². The molecular formula is C12H17O4. The van der Waals surface area contributed by atoms with Crippen LogP contribution in [0.25, 0.3) is 0 Å². The van der Waals surface area contributed by atoms with Crippen molar-refractivity contribution in [1.29, 1.82) is 0 Å². The number of para-hydroxylation sites is 1. The van der Waals surface area contributed by atoms with Gasteiger partial charge in [0, 0.05) is 13.2 Å². The Morgan fingerprint density at radius 2 is 2.12 bits per heavy atom. The summed E-state index contributed by atoms with van der Waals surface area (Å²) in [5.74, 6) is 1.25. The summed E-state index contributed by atoms with van der Waals surface area (Å²) < 4.78 is 20.8. The van der Waals surface area contributed by atoms with E-state index in [1.807, 2.05) is 19.1 Å². The van der Waals surface area contributed by atoms with E-state index in [9.17, 15) is 0 Å². The minimum atomic E-state index is 0.171. The lowest BCUT2D eigenvalue weighted by Gasteiger charge is -2.11. The second-order valence-electron chi connectivity index (χ2n) is 2.96. The van der Waals surface area contributed by atoms with Crippen LogP contribution in [0.15, 0.2) is 18.2 Å². The predicted octanol–water partition coefficient (Wildman–Crippen LogP) is 1.88. The van der Waals surface area contributed by atoms with Gasteiger partial charge in [-0.2, -0.15) is 0 Å². The van der Waals surface area contributed by atoms with Gasteiger partial charge in [-0.05, 0) is 13.0 Å². The Morgan fingerprint density at radius 1 is 1.25 bits per heavy atom. The van der Waals surface area contributed by atoms with E-state index in [0.717, 1.165) is 0 Å². The minimum Gasteiger partial charge on any atom is -0.490 e. The molecule has 1 aromatic carbocycles. The normalized spacial score (nSPS) is 10.1. The molecule has 1 radical (unpaired) electrons. The number of ether oxygens (including phenoxy) is 4. The van der Waals surface area contributed by atoms with Crippen LogP contribution < -0.4 is 9.47 Å². The largest absolute Gasteiger partial charge is 0.490 e. The van der Waals surface area contributed by atoms with Crippen LogP contribution in [-0.4, -0.2) is 33.7 Å². The van der Waals surface area contributed by atoms with Crippen LogP contribution in [0.4, 0.5) is 0 Å². The van der Waals surface area contributed by atoms with Gasteiger partial charge in [-0.25, -0.2) is 0 Å². The Bertz CT molecular complexity index is 288. The zero-order valence-electron chi connectivity index (χ0n) is 9.69. The van der Waals surface area contributed by atoms with E-state index in [1.54, 1.807) is 13.2 Å². The molecule has 0 heterocycles. The van der Waals surface area contributed by atoms with Gasteiger partial charge in [0.15, 0.2) is 18.3 Å². The highest BCUT2D eigenvalue weighted by Gasteiger charge is 2.03. The Kier molecular flexibility index (Phi) is 6.37. The molecule has 0 aliphatic rings. The molecule has 0 N–H and O–H groups in total. The van der Waals surface area contributed by atoms with Crippen molar-refractivity contribution < 1.29 is 18.9 Å². The van der Waals surface area contributed by atoms with Gasteiger partial charge in [0.2, 0.25) is 0 Å². The fourth-order valence-electron chi connectivity index (χ4n) is 1.09. The fraction of sp³-hybridized carbons (Fsp3) is 0.500. The van der Waals surface area contributed by atoms with Gasteiger partial charge in [-0.3, -0.25) is 0 Å². The van der Waals surface area contributed by atoms with Crippen LogP contribution in [0, 0.1) is 6.07 Å². The Hall–Kier alpha value is -1.26. The van der Waals surface area contributed by atoms with E-state index in [1.165, 1.54) is 0 Å². The van der Waals surface area contributed by atoms with Gasteiger partial charge in [0.1, 0.15) is 0 Å².